The van der Waals surface area contributed by atoms with Crippen molar-refractivity contribution in [2.75, 3.05) is 7.11 Å². The van der Waals surface area contributed by atoms with E-state index in [9.17, 15) is 15.0 Å². The smallest absolute Gasteiger partial charge is 0.328 e. The molecule has 3 rings (SSSR count). The number of rotatable bonds is 6. The molecule has 3 N–H and O–H groups in total. The number of aromatic nitrogens is 1. The molecule has 1 aromatic heterocycles. The first kappa shape index (κ1) is 16.6. The summed E-state index contributed by atoms with van der Waals surface area (Å²) in [7, 11) is 1.52. The number of hydrogen-bond acceptors (Lipinski definition) is 4. The maximum Gasteiger partial charge on any atom is 0.328 e. The minimum absolute atomic E-state index is 0.0146. The molecule has 6 nitrogen and oxygen atoms in total. The first-order valence-corrected chi connectivity index (χ1v) is 7.76. The van der Waals surface area contributed by atoms with Crippen LogP contribution in [0.5, 0.6) is 11.5 Å². The van der Waals surface area contributed by atoms with Crippen LogP contribution < -0.4 is 4.74 Å². The van der Waals surface area contributed by atoms with Gasteiger partial charge >= 0.3 is 5.97 Å². The molecule has 1 atom stereocenters. The van der Waals surface area contributed by atoms with Crippen LogP contribution in [0.1, 0.15) is 11.1 Å². The summed E-state index contributed by atoms with van der Waals surface area (Å²) in [6, 6.07) is 11.5. The number of benzene rings is 2. The summed E-state index contributed by atoms with van der Waals surface area (Å²) in [6.07, 6.45) is 3.42. The monoisotopic (exact) mass is 338 g/mol. The van der Waals surface area contributed by atoms with E-state index in [0.717, 1.165) is 16.5 Å². The van der Waals surface area contributed by atoms with E-state index in [1.54, 1.807) is 18.3 Å². The molecule has 1 heterocycles. The molecule has 0 saturated heterocycles. The fraction of sp³-hybridized carbons (Fsp3) is 0.158. The number of fused-ring (bicyclic) bond motifs is 1. The second-order valence-corrected chi connectivity index (χ2v) is 5.62. The summed E-state index contributed by atoms with van der Waals surface area (Å²) >= 11 is 0. The van der Waals surface area contributed by atoms with E-state index >= 15 is 0 Å². The fourth-order valence-corrected chi connectivity index (χ4v) is 2.65. The Morgan fingerprint density at radius 2 is 2.12 bits per heavy atom. The third-order valence-corrected chi connectivity index (χ3v) is 4.00. The Hall–Kier alpha value is -3.28. The van der Waals surface area contributed by atoms with Crippen molar-refractivity contribution in [1.82, 2.24) is 4.98 Å². The highest BCUT2D eigenvalue weighted by molar-refractivity contribution is 5.88. The van der Waals surface area contributed by atoms with E-state index in [1.807, 2.05) is 24.3 Å². The van der Waals surface area contributed by atoms with Crippen LogP contribution in [-0.2, 0) is 11.2 Å². The van der Waals surface area contributed by atoms with Crippen LogP contribution in [0.2, 0.25) is 0 Å². The number of aliphatic imine (C=N–C) groups is 1. The number of carboxylic acid groups (broad SMARTS) is 1. The summed E-state index contributed by atoms with van der Waals surface area (Å²) in [6.45, 7) is 0. The third kappa shape index (κ3) is 3.63. The van der Waals surface area contributed by atoms with E-state index in [4.69, 9.17) is 4.74 Å². The lowest BCUT2D eigenvalue weighted by atomic mass is 10.1. The van der Waals surface area contributed by atoms with E-state index in [0.29, 0.717) is 11.3 Å². The Kier molecular flexibility index (Phi) is 4.70. The standard InChI is InChI=1S/C19H18N2O4/c1-25-14-6-7-18(22)13(8-14)11-21-17(19(23)24)9-12-10-20-16-5-3-2-4-15(12)16/h2-8,10-11,17,20,22H,9H2,1H3,(H,23,24). The van der Waals surface area contributed by atoms with Gasteiger partial charge in [-0.1, -0.05) is 18.2 Å². The zero-order valence-corrected chi connectivity index (χ0v) is 13.6. The van der Waals surface area contributed by atoms with Gasteiger partial charge in [0.25, 0.3) is 0 Å². The predicted molar refractivity (Wildman–Crippen MR) is 95.7 cm³/mol. The number of phenols is 1. The first-order chi connectivity index (χ1) is 12.1. The quantitative estimate of drug-likeness (QED) is 0.602. The van der Waals surface area contributed by atoms with Gasteiger partial charge in [-0.05, 0) is 29.8 Å². The molecule has 128 valence electrons. The number of ether oxygens (including phenoxy) is 1. The van der Waals surface area contributed by atoms with Gasteiger partial charge in [-0.3, -0.25) is 4.99 Å². The minimum Gasteiger partial charge on any atom is -0.507 e. The lowest BCUT2D eigenvalue weighted by Crippen LogP contribution is -2.20. The van der Waals surface area contributed by atoms with Gasteiger partial charge in [0.05, 0.1) is 7.11 Å². The highest BCUT2D eigenvalue weighted by Crippen LogP contribution is 2.22. The number of nitrogens with zero attached hydrogens (tertiary/aromatic N) is 1. The molecule has 6 heteroatoms. The van der Waals surface area contributed by atoms with Crippen molar-refractivity contribution in [3.63, 3.8) is 0 Å². The fourth-order valence-electron chi connectivity index (χ4n) is 2.65. The molecule has 0 fully saturated rings. The average Bonchev–Trinajstić information content (AvgIpc) is 3.02. The van der Waals surface area contributed by atoms with E-state index in [2.05, 4.69) is 9.98 Å². The molecule has 0 aliphatic carbocycles. The Morgan fingerprint density at radius 1 is 1.32 bits per heavy atom. The number of aromatic amines is 1. The topological polar surface area (TPSA) is 94.9 Å². The molecule has 0 aliphatic heterocycles. The first-order valence-electron chi connectivity index (χ1n) is 7.76. The summed E-state index contributed by atoms with van der Waals surface area (Å²) in [5, 5.41) is 20.3. The molecule has 0 amide bonds. The van der Waals surface area contributed by atoms with Crippen LogP contribution in [0.4, 0.5) is 0 Å². The van der Waals surface area contributed by atoms with Gasteiger partial charge in [0, 0.05) is 35.3 Å². The summed E-state index contributed by atoms with van der Waals surface area (Å²) in [4.78, 5) is 18.9. The normalized spacial score (nSPS) is 12.5. The van der Waals surface area contributed by atoms with Crippen LogP contribution in [0, 0.1) is 0 Å². The number of aromatic hydroxyl groups is 1. The van der Waals surface area contributed by atoms with Gasteiger partial charge in [-0.15, -0.1) is 0 Å². The predicted octanol–water partition coefficient (Wildman–Crippen LogP) is 3.00. The number of carboxylic acids is 1. The Bertz CT molecular complexity index is 930. The van der Waals surface area contributed by atoms with Crippen LogP contribution in [0.3, 0.4) is 0 Å². The number of para-hydroxylation sites is 1. The van der Waals surface area contributed by atoms with Crippen LogP contribution >= 0.6 is 0 Å². The number of H-pyrrole nitrogens is 1. The van der Waals surface area contributed by atoms with E-state index < -0.39 is 12.0 Å². The van der Waals surface area contributed by atoms with Crippen molar-refractivity contribution in [3.8, 4) is 11.5 Å². The molecule has 0 saturated carbocycles. The highest BCUT2D eigenvalue weighted by atomic mass is 16.5. The molecule has 0 aliphatic rings. The van der Waals surface area contributed by atoms with Gasteiger partial charge < -0.3 is 19.9 Å². The van der Waals surface area contributed by atoms with Gasteiger partial charge in [-0.25, -0.2) is 4.79 Å². The number of aliphatic carboxylic acids is 1. The number of nitrogens with one attached hydrogen (secondary N) is 1. The molecule has 0 bridgehead atoms. The zero-order valence-electron chi connectivity index (χ0n) is 13.6. The maximum atomic E-state index is 11.6. The summed E-state index contributed by atoms with van der Waals surface area (Å²) in [5.41, 5.74) is 2.25. The molecule has 3 aromatic rings. The third-order valence-electron chi connectivity index (χ3n) is 4.00. The summed E-state index contributed by atoms with van der Waals surface area (Å²) < 4.78 is 5.10. The highest BCUT2D eigenvalue weighted by Gasteiger charge is 2.18. The molecular formula is C19H18N2O4. The zero-order chi connectivity index (χ0) is 17.8. The average molecular weight is 338 g/mol. The van der Waals surface area contributed by atoms with Gasteiger partial charge in [0.15, 0.2) is 6.04 Å². The van der Waals surface area contributed by atoms with Gasteiger partial charge in [0.2, 0.25) is 0 Å². The van der Waals surface area contributed by atoms with E-state index in [1.165, 1.54) is 19.4 Å². The van der Waals surface area contributed by atoms with Crippen molar-refractivity contribution in [2.45, 2.75) is 12.5 Å². The molecule has 0 spiro atoms. The van der Waals surface area contributed by atoms with Crippen molar-refractivity contribution in [1.29, 1.82) is 0 Å². The van der Waals surface area contributed by atoms with Crippen LogP contribution in [-0.4, -0.2) is 40.5 Å². The van der Waals surface area contributed by atoms with Gasteiger partial charge in [0.1, 0.15) is 11.5 Å². The lowest BCUT2D eigenvalue weighted by Gasteiger charge is -2.08. The Balaban J connectivity index is 1.86. The van der Waals surface area contributed by atoms with Crippen molar-refractivity contribution < 1.29 is 19.7 Å². The SMILES string of the molecule is COc1ccc(O)c(C=NC(Cc2c[nH]c3ccccc23)C(=O)O)c1. The molecule has 25 heavy (non-hydrogen) atoms. The number of carbonyl (C=O) groups is 1. The maximum absolute atomic E-state index is 11.6. The van der Waals surface area contributed by atoms with Crippen molar-refractivity contribution in [2.24, 2.45) is 4.99 Å². The number of methoxy groups -OCH3 is 1. The molecular weight excluding hydrogens is 320 g/mol. The summed E-state index contributed by atoms with van der Waals surface area (Å²) in [5.74, 6) is -0.451. The van der Waals surface area contributed by atoms with Crippen LogP contribution in [0.15, 0.2) is 53.7 Å². The largest absolute Gasteiger partial charge is 0.507 e. The lowest BCUT2D eigenvalue weighted by molar-refractivity contribution is -0.138. The van der Waals surface area contributed by atoms with Crippen LogP contribution in [0.25, 0.3) is 10.9 Å². The molecule has 2 aromatic carbocycles. The molecule has 0 radical (unpaired) electrons. The number of hydrogen-bond donors (Lipinski definition) is 3. The van der Waals surface area contributed by atoms with Crippen molar-refractivity contribution >= 4 is 23.1 Å². The second kappa shape index (κ2) is 7.09. The number of phenolic OH excluding ortho intramolecular Hbond substituents is 1. The van der Waals surface area contributed by atoms with E-state index in [-0.39, 0.29) is 12.2 Å². The van der Waals surface area contributed by atoms with Crippen molar-refractivity contribution in [3.05, 3.63) is 59.8 Å². The minimum atomic E-state index is -1.02. The second-order valence-electron chi connectivity index (χ2n) is 5.62. The Labute approximate surface area is 144 Å². The Morgan fingerprint density at radius 3 is 2.88 bits per heavy atom. The molecule has 1 unspecified atom stereocenters. The van der Waals surface area contributed by atoms with Gasteiger partial charge in [-0.2, -0.15) is 0 Å².